The summed E-state index contributed by atoms with van der Waals surface area (Å²) < 4.78 is 17.1. The molecule has 148 valence electrons. The van der Waals surface area contributed by atoms with E-state index in [4.69, 9.17) is 20.6 Å². The molecule has 0 atom stereocenters. The molecule has 3 aliphatic heterocycles. The van der Waals surface area contributed by atoms with Crippen LogP contribution in [0, 0.1) is 12.3 Å². The normalized spacial score (nSPS) is 20.9. The number of fused-ring (bicyclic) bond motifs is 2. The van der Waals surface area contributed by atoms with E-state index >= 15 is 0 Å². The van der Waals surface area contributed by atoms with Gasteiger partial charge in [-0.1, -0.05) is 0 Å². The molecular weight excluding hydrogens is 360 g/mol. The first-order valence-electron chi connectivity index (χ1n) is 9.72. The van der Waals surface area contributed by atoms with Crippen molar-refractivity contribution in [3.8, 4) is 12.3 Å². The van der Waals surface area contributed by atoms with E-state index < -0.39 is 5.79 Å². The topological polar surface area (TPSA) is 68.3 Å². The summed E-state index contributed by atoms with van der Waals surface area (Å²) in [6.07, 6.45) is 7.35. The second kappa shape index (κ2) is 7.92. The highest BCUT2D eigenvalue weighted by Crippen LogP contribution is 2.45. The van der Waals surface area contributed by atoms with Crippen LogP contribution >= 0.6 is 0 Å². The predicted octanol–water partition coefficient (Wildman–Crippen LogP) is 1.51. The Hall–Kier alpha value is -2.40. The van der Waals surface area contributed by atoms with Gasteiger partial charge in [0.15, 0.2) is 0 Å². The molecule has 0 aromatic heterocycles. The average molecular weight is 384 g/mol. The third kappa shape index (κ3) is 3.18. The van der Waals surface area contributed by atoms with E-state index in [1.165, 1.54) is 0 Å². The standard InChI is InChI=1S/C21H24N2O5/c1-2-3-4-8-23-18-7-6-16(19(24)22-9-13-26-14-10-22)15-17(18)21(20(23)25)27-11-5-12-28-21/h1,6-7,15H,3-5,8-14H2. The maximum absolute atomic E-state index is 13.2. The number of unbranched alkanes of at least 4 members (excludes halogenated alkanes) is 1. The Morgan fingerprint density at radius 2 is 1.93 bits per heavy atom. The summed E-state index contributed by atoms with van der Waals surface area (Å²) >= 11 is 0. The number of morpholine rings is 1. The van der Waals surface area contributed by atoms with Crippen molar-refractivity contribution >= 4 is 17.5 Å². The number of benzene rings is 1. The highest BCUT2D eigenvalue weighted by atomic mass is 16.7. The van der Waals surface area contributed by atoms with Crippen LogP contribution in [0.5, 0.6) is 0 Å². The van der Waals surface area contributed by atoms with E-state index in [9.17, 15) is 9.59 Å². The van der Waals surface area contributed by atoms with Crippen molar-refractivity contribution in [2.24, 2.45) is 0 Å². The molecule has 7 heteroatoms. The van der Waals surface area contributed by atoms with Crippen molar-refractivity contribution in [1.82, 2.24) is 4.90 Å². The minimum Gasteiger partial charge on any atom is -0.378 e. The third-order valence-corrected chi connectivity index (χ3v) is 5.32. The van der Waals surface area contributed by atoms with Crippen LogP contribution in [0.25, 0.3) is 0 Å². The molecule has 0 unspecified atom stereocenters. The number of hydrogen-bond acceptors (Lipinski definition) is 5. The van der Waals surface area contributed by atoms with Gasteiger partial charge in [0.2, 0.25) is 0 Å². The molecule has 0 radical (unpaired) electrons. The minimum absolute atomic E-state index is 0.0738. The quantitative estimate of drug-likeness (QED) is 0.581. The van der Waals surface area contributed by atoms with Crippen molar-refractivity contribution in [1.29, 1.82) is 0 Å². The van der Waals surface area contributed by atoms with E-state index in [0.717, 1.165) is 12.1 Å². The zero-order valence-corrected chi connectivity index (χ0v) is 15.8. The molecule has 0 saturated carbocycles. The van der Waals surface area contributed by atoms with Gasteiger partial charge in [0.05, 0.1) is 32.1 Å². The Balaban J connectivity index is 1.68. The van der Waals surface area contributed by atoms with Crippen molar-refractivity contribution in [3.63, 3.8) is 0 Å². The first-order valence-corrected chi connectivity index (χ1v) is 9.72. The second-order valence-electron chi connectivity index (χ2n) is 7.07. The fraction of sp³-hybridized carbons (Fsp3) is 0.524. The van der Waals surface area contributed by atoms with Gasteiger partial charge in [0.25, 0.3) is 17.6 Å². The Kier molecular flexibility index (Phi) is 5.36. The number of anilines is 1. The van der Waals surface area contributed by atoms with E-state index in [2.05, 4.69) is 5.92 Å². The van der Waals surface area contributed by atoms with Crippen LogP contribution < -0.4 is 4.90 Å². The highest BCUT2D eigenvalue weighted by molar-refractivity contribution is 6.07. The van der Waals surface area contributed by atoms with Crippen molar-refractivity contribution < 1.29 is 23.8 Å². The van der Waals surface area contributed by atoms with E-state index in [-0.39, 0.29) is 11.8 Å². The van der Waals surface area contributed by atoms with Gasteiger partial charge < -0.3 is 24.0 Å². The van der Waals surface area contributed by atoms with Crippen molar-refractivity contribution in [2.75, 3.05) is 51.0 Å². The van der Waals surface area contributed by atoms with Crippen molar-refractivity contribution in [2.45, 2.75) is 25.0 Å². The maximum atomic E-state index is 13.2. The van der Waals surface area contributed by atoms with Crippen molar-refractivity contribution in [3.05, 3.63) is 29.3 Å². The van der Waals surface area contributed by atoms with Gasteiger partial charge in [-0.25, -0.2) is 0 Å². The Morgan fingerprint density at radius 1 is 1.18 bits per heavy atom. The number of rotatable bonds is 4. The lowest BCUT2D eigenvalue weighted by Crippen LogP contribution is -2.47. The van der Waals surface area contributed by atoms with Crippen LogP contribution in [0.2, 0.25) is 0 Å². The molecule has 1 aromatic rings. The summed E-state index contributed by atoms with van der Waals surface area (Å²) in [6, 6.07) is 5.32. The molecule has 4 rings (SSSR count). The molecule has 2 amide bonds. The summed E-state index contributed by atoms with van der Waals surface area (Å²) in [5.41, 5.74) is 1.86. The van der Waals surface area contributed by atoms with E-state index in [1.807, 2.05) is 6.07 Å². The Morgan fingerprint density at radius 3 is 2.64 bits per heavy atom. The molecule has 1 aromatic carbocycles. The number of carbonyl (C=O) groups excluding carboxylic acids is 2. The molecule has 0 N–H and O–H groups in total. The van der Waals surface area contributed by atoms with Crippen LogP contribution in [-0.2, 0) is 24.8 Å². The Bertz CT molecular complexity index is 804. The van der Waals surface area contributed by atoms with Gasteiger partial charge in [-0.05, 0) is 31.0 Å². The van der Waals surface area contributed by atoms with Crippen LogP contribution in [0.3, 0.4) is 0 Å². The number of nitrogens with zero attached hydrogens (tertiary/aromatic N) is 2. The lowest BCUT2D eigenvalue weighted by molar-refractivity contribution is -0.256. The van der Waals surface area contributed by atoms with Crippen LogP contribution in [0.15, 0.2) is 18.2 Å². The van der Waals surface area contributed by atoms with Crippen LogP contribution in [-0.4, -0.2) is 62.8 Å². The van der Waals surface area contributed by atoms with Crippen LogP contribution in [0.4, 0.5) is 5.69 Å². The third-order valence-electron chi connectivity index (χ3n) is 5.32. The van der Waals surface area contributed by atoms with Gasteiger partial charge >= 0.3 is 0 Å². The summed E-state index contributed by atoms with van der Waals surface area (Å²) in [5, 5.41) is 0. The van der Waals surface area contributed by atoms with Gasteiger partial charge in [-0.15, -0.1) is 12.3 Å². The van der Waals surface area contributed by atoms with Gasteiger partial charge in [0.1, 0.15) is 0 Å². The highest BCUT2D eigenvalue weighted by Gasteiger charge is 2.55. The SMILES string of the molecule is C#CCCCN1C(=O)C2(OCCCO2)c2cc(C(=O)N3CCOCC3)ccc21. The second-order valence-corrected chi connectivity index (χ2v) is 7.07. The molecular formula is C21H24N2O5. The minimum atomic E-state index is -1.45. The molecule has 3 aliphatic rings. The van der Waals surface area contributed by atoms with E-state index in [0.29, 0.717) is 70.0 Å². The Labute approximate surface area is 164 Å². The van der Waals surface area contributed by atoms with Gasteiger partial charge in [0, 0.05) is 37.2 Å². The molecule has 0 bridgehead atoms. The summed E-state index contributed by atoms with van der Waals surface area (Å²) in [6.45, 7) is 3.55. The smallest absolute Gasteiger partial charge is 0.292 e. The molecule has 1 spiro atoms. The number of hydrogen-bond donors (Lipinski definition) is 0. The van der Waals surface area contributed by atoms with E-state index in [1.54, 1.807) is 21.9 Å². The lowest BCUT2D eigenvalue weighted by Gasteiger charge is -2.32. The summed E-state index contributed by atoms with van der Waals surface area (Å²) in [7, 11) is 0. The number of carbonyl (C=O) groups is 2. The molecule has 2 fully saturated rings. The first kappa shape index (κ1) is 18.9. The summed E-state index contributed by atoms with van der Waals surface area (Å²) in [5.74, 6) is 0.833. The monoisotopic (exact) mass is 384 g/mol. The predicted molar refractivity (Wildman–Crippen MR) is 102 cm³/mol. The fourth-order valence-electron chi connectivity index (χ4n) is 3.89. The van der Waals surface area contributed by atoms with Gasteiger partial charge in [-0.2, -0.15) is 0 Å². The van der Waals surface area contributed by atoms with Gasteiger partial charge in [-0.3, -0.25) is 9.59 Å². The largest absolute Gasteiger partial charge is 0.378 e. The summed E-state index contributed by atoms with van der Waals surface area (Å²) in [4.78, 5) is 29.6. The number of amides is 2. The number of ether oxygens (including phenoxy) is 3. The maximum Gasteiger partial charge on any atom is 0.292 e. The molecule has 28 heavy (non-hydrogen) atoms. The lowest BCUT2D eigenvalue weighted by atomic mass is 10.0. The average Bonchev–Trinajstić information content (AvgIpc) is 2.97. The first-order chi connectivity index (χ1) is 13.7. The molecule has 3 heterocycles. The number of terminal acetylenes is 1. The zero-order chi connectivity index (χ0) is 19.6. The molecule has 2 saturated heterocycles. The molecule has 7 nitrogen and oxygen atoms in total. The zero-order valence-electron chi connectivity index (χ0n) is 15.8. The van der Waals surface area contributed by atoms with Crippen LogP contribution in [0.1, 0.15) is 35.2 Å². The fourth-order valence-corrected chi connectivity index (χ4v) is 3.89. The molecule has 0 aliphatic carbocycles.